The molecule has 0 amide bonds. The van der Waals surface area contributed by atoms with Crippen LogP contribution in [0.5, 0.6) is 0 Å². The minimum absolute atomic E-state index is 0.272. The fraction of sp³-hybridized carbons (Fsp3) is 0.625. The molecular formula is C16H25NO. The van der Waals surface area contributed by atoms with E-state index >= 15 is 0 Å². The zero-order chi connectivity index (χ0) is 13.1. The van der Waals surface area contributed by atoms with Crippen LogP contribution in [0, 0.1) is 5.92 Å². The van der Waals surface area contributed by atoms with Crippen molar-refractivity contribution in [3.05, 3.63) is 35.4 Å². The van der Waals surface area contributed by atoms with Gasteiger partial charge < -0.3 is 10.0 Å². The van der Waals surface area contributed by atoms with E-state index in [1.54, 1.807) is 0 Å². The van der Waals surface area contributed by atoms with Gasteiger partial charge in [0, 0.05) is 12.6 Å². The maximum atomic E-state index is 10.5. The minimum atomic E-state index is -0.330. The van der Waals surface area contributed by atoms with Crippen molar-refractivity contribution in [3.8, 4) is 0 Å². The van der Waals surface area contributed by atoms with Crippen molar-refractivity contribution < 1.29 is 5.11 Å². The summed E-state index contributed by atoms with van der Waals surface area (Å²) in [6.07, 6.45) is 3.02. The Morgan fingerprint density at radius 2 is 2.11 bits per heavy atom. The smallest absolute Gasteiger partial charge is 0.0947 e. The van der Waals surface area contributed by atoms with Crippen LogP contribution in [0.25, 0.3) is 0 Å². The van der Waals surface area contributed by atoms with Crippen LogP contribution in [0.15, 0.2) is 24.3 Å². The molecule has 3 atom stereocenters. The van der Waals surface area contributed by atoms with Gasteiger partial charge in [-0.05, 0) is 36.9 Å². The Morgan fingerprint density at radius 1 is 1.39 bits per heavy atom. The molecule has 1 aromatic carbocycles. The summed E-state index contributed by atoms with van der Waals surface area (Å²) in [5, 5.41) is 10.5. The highest BCUT2D eigenvalue weighted by molar-refractivity contribution is 5.32. The van der Waals surface area contributed by atoms with Gasteiger partial charge in [0.15, 0.2) is 0 Å². The van der Waals surface area contributed by atoms with E-state index in [-0.39, 0.29) is 12.1 Å². The largest absolute Gasteiger partial charge is 0.387 e. The number of likely N-dealkylation sites (N-methyl/N-ethyl adjacent to an activating group) is 1. The SMILES string of the molecule is CCC(C)CN(C)C1CCc2ccccc2C1O. The number of aryl methyl sites for hydroxylation is 1. The molecule has 1 aliphatic rings. The van der Waals surface area contributed by atoms with Gasteiger partial charge in [-0.2, -0.15) is 0 Å². The predicted octanol–water partition coefficient (Wildman–Crippen LogP) is 3.01. The third-order valence-corrected chi connectivity index (χ3v) is 4.31. The van der Waals surface area contributed by atoms with Gasteiger partial charge in [0.25, 0.3) is 0 Å². The van der Waals surface area contributed by atoms with E-state index in [2.05, 4.69) is 44.0 Å². The first kappa shape index (κ1) is 13.6. The lowest BCUT2D eigenvalue weighted by atomic mass is 9.85. The van der Waals surface area contributed by atoms with Crippen molar-refractivity contribution in [1.29, 1.82) is 0 Å². The lowest BCUT2D eigenvalue weighted by molar-refractivity contribution is 0.0432. The average molecular weight is 247 g/mol. The normalized spacial score (nSPS) is 24.9. The molecule has 3 unspecified atom stereocenters. The first-order valence-corrected chi connectivity index (χ1v) is 7.09. The quantitative estimate of drug-likeness (QED) is 0.884. The van der Waals surface area contributed by atoms with E-state index < -0.39 is 0 Å². The molecule has 2 nitrogen and oxygen atoms in total. The molecule has 0 bridgehead atoms. The molecular weight excluding hydrogens is 222 g/mol. The van der Waals surface area contributed by atoms with E-state index in [1.807, 2.05) is 6.07 Å². The number of nitrogens with zero attached hydrogens (tertiary/aromatic N) is 1. The van der Waals surface area contributed by atoms with E-state index in [4.69, 9.17) is 0 Å². The van der Waals surface area contributed by atoms with E-state index in [0.29, 0.717) is 5.92 Å². The molecule has 0 spiro atoms. The highest BCUT2D eigenvalue weighted by Crippen LogP contribution is 2.32. The molecule has 0 saturated carbocycles. The zero-order valence-corrected chi connectivity index (χ0v) is 11.8. The van der Waals surface area contributed by atoms with Crippen molar-refractivity contribution >= 4 is 0 Å². The van der Waals surface area contributed by atoms with Crippen LogP contribution in [0.2, 0.25) is 0 Å². The number of rotatable bonds is 4. The molecule has 1 N–H and O–H groups in total. The second kappa shape index (κ2) is 5.85. The topological polar surface area (TPSA) is 23.5 Å². The number of hydrogen-bond acceptors (Lipinski definition) is 2. The predicted molar refractivity (Wildman–Crippen MR) is 75.6 cm³/mol. The third-order valence-electron chi connectivity index (χ3n) is 4.31. The molecule has 0 saturated heterocycles. The van der Waals surface area contributed by atoms with E-state index in [0.717, 1.165) is 24.9 Å². The van der Waals surface area contributed by atoms with Crippen molar-refractivity contribution in [3.63, 3.8) is 0 Å². The molecule has 1 aliphatic carbocycles. The molecule has 1 aromatic rings. The number of aliphatic hydroxyl groups is 1. The third kappa shape index (κ3) is 2.76. The molecule has 0 heterocycles. The summed E-state index contributed by atoms with van der Waals surface area (Å²) in [6, 6.07) is 8.58. The second-order valence-electron chi connectivity index (χ2n) is 5.70. The number of aliphatic hydroxyl groups excluding tert-OH is 1. The van der Waals surface area contributed by atoms with Gasteiger partial charge in [-0.3, -0.25) is 0 Å². The molecule has 18 heavy (non-hydrogen) atoms. The Balaban J connectivity index is 2.09. The highest BCUT2D eigenvalue weighted by atomic mass is 16.3. The fourth-order valence-corrected chi connectivity index (χ4v) is 2.94. The van der Waals surface area contributed by atoms with Crippen molar-refractivity contribution in [2.45, 2.75) is 45.3 Å². The van der Waals surface area contributed by atoms with Crippen molar-refractivity contribution in [2.75, 3.05) is 13.6 Å². The van der Waals surface area contributed by atoms with Crippen molar-refractivity contribution in [2.24, 2.45) is 5.92 Å². The monoisotopic (exact) mass is 247 g/mol. The van der Waals surface area contributed by atoms with E-state index in [1.165, 1.54) is 12.0 Å². The summed E-state index contributed by atoms with van der Waals surface area (Å²) >= 11 is 0. The van der Waals surface area contributed by atoms with Crippen LogP contribution in [0.1, 0.15) is 43.9 Å². The molecule has 2 rings (SSSR count). The Labute approximate surface area is 111 Å². The lowest BCUT2D eigenvalue weighted by Crippen LogP contribution is -2.41. The molecule has 0 aromatic heterocycles. The highest BCUT2D eigenvalue weighted by Gasteiger charge is 2.30. The summed E-state index contributed by atoms with van der Waals surface area (Å²) < 4.78 is 0. The Morgan fingerprint density at radius 3 is 2.83 bits per heavy atom. The lowest BCUT2D eigenvalue weighted by Gasteiger charge is -2.37. The van der Waals surface area contributed by atoms with Gasteiger partial charge in [-0.15, -0.1) is 0 Å². The summed E-state index contributed by atoms with van der Waals surface area (Å²) in [7, 11) is 2.15. The summed E-state index contributed by atoms with van der Waals surface area (Å²) in [6.45, 7) is 5.57. The Hall–Kier alpha value is -0.860. The van der Waals surface area contributed by atoms with Gasteiger partial charge in [0.2, 0.25) is 0 Å². The maximum Gasteiger partial charge on any atom is 0.0947 e. The molecule has 100 valence electrons. The summed E-state index contributed by atoms with van der Waals surface area (Å²) in [4.78, 5) is 2.34. The number of benzene rings is 1. The molecule has 0 fully saturated rings. The standard InChI is InChI=1S/C16H25NO/c1-4-12(2)11-17(3)15-10-9-13-7-5-6-8-14(13)16(15)18/h5-8,12,15-16,18H,4,9-11H2,1-3H3. The molecule has 2 heteroatoms. The maximum absolute atomic E-state index is 10.5. The Bertz CT molecular complexity index is 390. The van der Waals surface area contributed by atoms with Crippen LogP contribution in [0.4, 0.5) is 0 Å². The average Bonchev–Trinajstić information content (AvgIpc) is 2.39. The van der Waals surface area contributed by atoms with Gasteiger partial charge in [-0.25, -0.2) is 0 Å². The summed E-state index contributed by atoms with van der Waals surface area (Å²) in [5.41, 5.74) is 2.45. The fourth-order valence-electron chi connectivity index (χ4n) is 2.94. The van der Waals surface area contributed by atoms with Crippen LogP contribution >= 0.6 is 0 Å². The van der Waals surface area contributed by atoms with Crippen LogP contribution in [-0.4, -0.2) is 29.6 Å². The van der Waals surface area contributed by atoms with Gasteiger partial charge in [0.05, 0.1) is 6.10 Å². The van der Waals surface area contributed by atoms with Crippen LogP contribution < -0.4 is 0 Å². The number of hydrogen-bond donors (Lipinski definition) is 1. The second-order valence-corrected chi connectivity index (χ2v) is 5.70. The van der Waals surface area contributed by atoms with Gasteiger partial charge >= 0.3 is 0 Å². The Kier molecular flexibility index (Phi) is 4.41. The zero-order valence-electron chi connectivity index (χ0n) is 11.8. The van der Waals surface area contributed by atoms with E-state index in [9.17, 15) is 5.11 Å². The molecule has 0 radical (unpaired) electrons. The van der Waals surface area contributed by atoms with Gasteiger partial charge in [-0.1, -0.05) is 44.5 Å². The first-order chi connectivity index (χ1) is 8.63. The molecule has 0 aliphatic heterocycles. The van der Waals surface area contributed by atoms with Crippen molar-refractivity contribution in [1.82, 2.24) is 4.90 Å². The van der Waals surface area contributed by atoms with Gasteiger partial charge in [0.1, 0.15) is 0 Å². The van der Waals surface area contributed by atoms with Crippen LogP contribution in [0.3, 0.4) is 0 Å². The minimum Gasteiger partial charge on any atom is -0.387 e. The van der Waals surface area contributed by atoms with Crippen LogP contribution in [-0.2, 0) is 6.42 Å². The number of fused-ring (bicyclic) bond motifs is 1. The summed E-state index contributed by atoms with van der Waals surface area (Å²) in [5.74, 6) is 0.694. The first-order valence-electron chi connectivity index (χ1n) is 7.09.